The van der Waals surface area contributed by atoms with Gasteiger partial charge in [-0.3, -0.25) is 4.90 Å². The van der Waals surface area contributed by atoms with E-state index in [0.29, 0.717) is 0 Å². The van der Waals surface area contributed by atoms with Crippen molar-refractivity contribution in [3.05, 3.63) is 53.8 Å². The van der Waals surface area contributed by atoms with Crippen LogP contribution in [0.5, 0.6) is 0 Å². The third kappa shape index (κ3) is 3.42. The Balaban J connectivity index is 2.50. The third-order valence-electron chi connectivity index (χ3n) is 3.08. The van der Waals surface area contributed by atoms with Crippen LogP contribution in [0.1, 0.15) is 12.0 Å². The van der Waals surface area contributed by atoms with Crippen molar-refractivity contribution in [2.45, 2.75) is 17.6 Å². The molecule has 0 aromatic heterocycles. The maximum absolute atomic E-state index is 13.1. The second-order valence-corrected chi connectivity index (χ2v) is 5.49. The normalized spacial score (nSPS) is 21.4. The van der Waals surface area contributed by atoms with Crippen LogP contribution in [0.3, 0.4) is 0 Å². The standard InChI is InChI=1S/C14H13ClF3N3O/c15-13(20)7-5-9(6-8-13)21(12(19)22)11-4-2-1-3-10(11)14(16,17)18/h1-7H,8,20H2,(H2,19,22). The molecule has 4 N–H and O–H groups in total. The number of halogens is 4. The number of carbonyl (C=O) groups excluding carboxylic acids is 1. The van der Waals surface area contributed by atoms with Gasteiger partial charge in [0.2, 0.25) is 0 Å². The van der Waals surface area contributed by atoms with Crippen molar-refractivity contribution < 1.29 is 18.0 Å². The first-order valence-corrected chi connectivity index (χ1v) is 6.62. The van der Waals surface area contributed by atoms with E-state index in [2.05, 4.69) is 0 Å². The zero-order valence-corrected chi connectivity index (χ0v) is 12.0. The number of hydrogen-bond acceptors (Lipinski definition) is 2. The minimum Gasteiger partial charge on any atom is -0.351 e. The number of primary amides is 1. The van der Waals surface area contributed by atoms with Gasteiger partial charge in [0.1, 0.15) is 5.00 Å². The van der Waals surface area contributed by atoms with Gasteiger partial charge in [0, 0.05) is 12.1 Å². The Morgan fingerprint density at radius 1 is 1.32 bits per heavy atom. The van der Waals surface area contributed by atoms with E-state index in [4.69, 9.17) is 23.1 Å². The van der Waals surface area contributed by atoms with Crippen molar-refractivity contribution in [3.63, 3.8) is 0 Å². The average Bonchev–Trinajstić information content (AvgIpc) is 2.40. The van der Waals surface area contributed by atoms with Crippen molar-refractivity contribution in [2.75, 3.05) is 4.90 Å². The van der Waals surface area contributed by atoms with Crippen LogP contribution in [-0.4, -0.2) is 11.0 Å². The van der Waals surface area contributed by atoms with E-state index in [1.165, 1.54) is 36.4 Å². The molecule has 4 nitrogen and oxygen atoms in total. The smallest absolute Gasteiger partial charge is 0.351 e. The number of amides is 2. The molecule has 0 spiro atoms. The highest BCUT2D eigenvalue weighted by Crippen LogP contribution is 2.38. The molecule has 1 aromatic rings. The second-order valence-electron chi connectivity index (χ2n) is 4.78. The molecule has 2 amide bonds. The number of urea groups is 1. The predicted molar refractivity (Wildman–Crippen MR) is 78.1 cm³/mol. The highest BCUT2D eigenvalue weighted by molar-refractivity contribution is 6.25. The Hall–Kier alpha value is -1.99. The molecule has 0 saturated carbocycles. The summed E-state index contributed by atoms with van der Waals surface area (Å²) in [4.78, 5) is 11.3. The molecule has 0 aliphatic heterocycles. The van der Waals surface area contributed by atoms with E-state index in [0.717, 1.165) is 11.0 Å². The van der Waals surface area contributed by atoms with Crippen LogP contribution in [0.4, 0.5) is 23.7 Å². The highest BCUT2D eigenvalue weighted by Gasteiger charge is 2.36. The quantitative estimate of drug-likeness (QED) is 0.644. The van der Waals surface area contributed by atoms with Gasteiger partial charge in [-0.1, -0.05) is 29.8 Å². The van der Waals surface area contributed by atoms with Gasteiger partial charge in [-0.25, -0.2) is 4.79 Å². The van der Waals surface area contributed by atoms with Gasteiger partial charge in [0.15, 0.2) is 0 Å². The van der Waals surface area contributed by atoms with E-state index in [1.54, 1.807) is 0 Å². The van der Waals surface area contributed by atoms with Gasteiger partial charge >= 0.3 is 12.2 Å². The van der Waals surface area contributed by atoms with Gasteiger partial charge in [0.25, 0.3) is 0 Å². The lowest BCUT2D eigenvalue weighted by Crippen LogP contribution is -2.38. The molecule has 0 heterocycles. The number of nitrogens with zero attached hydrogens (tertiary/aromatic N) is 1. The minimum absolute atomic E-state index is 0.151. The average molecular weight is 332 g/mol. The Kier molecular flexibility index (Phi) is 4.21. The molecule has 0 fully saturated rings. The molecule has 1 aliphatic carbocycles. The molecule has 2 rings (SSSR count). The Morgan fingerprint density at radius 2 is 1.95 bits per heavy atom. The summed E-state index contributed by atoms with van der Waals surface area (Å²) in [5.74, 6) is 0. The zero-order chi connectivity index (χ0) is 16.5. The highest BCUT2D eigenvalue weighted by atomic mass is 35.5. The monoisotopic (exact) mass is 331 g/mol. The van der Waals surface area contributed by atoms with Crippen LogP contribution in [0, 0.1) is 0 Å². The SMILES string of the molecule is NC(=O)N(C1=CCC(N)(Cl)C=C1)c1ccccc1C(F)(F)F. The molecule has 0 radical (unpaired) electrons. The first kappa shape index (κ1) is 16.4. The fourth-order valence-electron chi connectivity index (χ4n) is 2.08. The van der Waals surface area contributed by atoms with Gasteiger partial charge in [-0.2, -0.15) is 13.2 Å². The summed E-state index contributed by atoms with van der Waals surface area (Å²) in [5.41, 5.74) is 9.81. The number of allylic oxidation sites excluding steroid dienone is 1. The molecule has 1 aliphatic rings. The van der Waals surface area contributed by atoms with Gasteiger partial charge in [-0.15, -0.1) is 0 Å². The van der Waals surface area contributed by atoms with Crippen molar-refractivity contribution in [1.29, 1.82) is 0 Å². The molecule has 22 heavy (non-hydrogen) atoms. The maximum Gasteiger partial charge on any atom is 0.418 e. The Bertz CT molecular complexity index is 653. The lowest BCUT2D eigenvalue weighted by molar-refractivity contribution is -0.137. The molecular weight excluding hydrogens is 319 g/mol. The fourth-order valence-corrected chi connectivity index (χ4v) is 2.22. The molecule has 1 aromatic carbocycles. The second kappa shape index (κ2) is 5.66. The number of para-hydroxylation sites is 1. The number of hydrogen-bond donors (Lipinski definition) is 2. The Morgan fingerprint density at radius 3 is 2.45 bits per heavy atom. The molecular formula is C14H13ClF3N3O. The van der Waals surface area contributed by atoms with E-state index < -0.39 is 22.8 Å². The molecule has 118 valence electrons. The predicted octanol–water partition coefficient (Wildman–Crippen LogP) is 3.33. The maximum atomic E-state index is 13.1. The summed E-state index contributed by atoms with van der Waals surface area (Å²) < 4.78 is 39.3. The lowest BCUT2D eigenvalue weighted by Gasteiger charge is -2.28. The van der Waals surface area contributed by atoms with Crippen LogP contribution < -0.4 is 16.4 Å². The lowest BCUT2D eigenvalue weighted by atomic mass is 10.0. The van der Waals surface area contributed by atoms with Crippen LogP contribution in [0.2, 0.25) is 0 Å². The van der Waals surface area contributed by atoms with Gasteiger partial charge in [-0.05, 0) is 24.3 Å². The van der Waals surface area contributed by atoms with Crippen LogP contribution in [-0.2, 0) is 6.18 Å². The number of anilines is 1. The number of alkyl halides is 4. The number of rotatable bonds is 2. The van der Waals surface area contributed by atoms with E-state index in [1.807, 2.05) is 0 Å². The number of carbonyl (C=O) groups is 1. The van der Waals surface area contributed by atoms with Crippen LogP contribution >= 0.6 is 11.6 Å². The van der Waals surface area contributed by atoms with Gasteiger partial charge in [0.05, 0.1) is 11.3 Å². The van der Waals surface area contributed by atoms with Crippen LogP contribution in [0.15, 0.2) is 48.2 Å². The third-order valence-corrected chi connectivity index (χ3v) is 3.36. The van der Waals surface area contributed by atoms with E-state index in [-0.39, 0.29) is 17.8 Å². The summed E-state index contributed by atoms with van der Waals surface area (Å²) in [6.07, 6.45) is -0.235. The number of nitrogens with two attached hydrogens (primary N) is 2. The number of benzene rings is 1. The molecule has 8 heteroatoms. The minimum atomic E-state index is -4.62. The molecule has 1 atom stereocenters. The summed E-state index contributed by atoms with van der Waals surface area (Å²) in [6, 6.07) is 3.65. The van der Waals surface area contributed by atoms with Crippen LogP contribution in [0.25, 0.3) is 0 Å². The fraction of sp³-hybridized carbons (Fsp3) is 0.214. The van der Waals surface area contributed by atoms with Crippen molar-refractivity contribution >= 4 is 23.3 Å². The van der Waals surface area contributed by atoms with Crippen molar-refractivity contribution in [1.82, 2.24) is 0 Å². The Labute approximate surface area is 129 Å². The molecule has 1 unspecified atom stereocenters. The summed E-state index contributed by atoms with van der Waals surface area (Å²) >= 11 is 5.90. The summed E-state index contributed by atoms with van der Waals surface area (Å²) in [5, 5.41) is 0. The van der Waals surface area contributed by atoms with Crippen molar-refractivity contribution in [3.8, 4) is 0 Å². The van der Waals surface area contributed by atoms with Gasteiger partial charge < -0.3 is 11.5 Å². The molecule has 0 bridgehead atoms. The summed E-state index contributed by atoms with van der Waals surface area (Å²) in [6.45, 7) is 0. The first-order chi connectivity index (χ1) is 10.1. The molecule has 0 saturated heterocycles. The largest absolute Gasteiger partial charge is 0.418 e. The van der Waals surface area contributed by atoms with E-state index >= 15 is 0 Å². The van der Waals surface area contributed by atoms with Crippen molar-refractivity contribution in [2.24, 2.45) is 11.5 Å². The van der Waals surface area contributed by atoms with E-state index in [9.17, 15) is 18.0 Å². The topological polar surface area (TPSA) is 72.4 Å². The zero-order valence-electron chi connectivity index (χ0n) is 11.3. The summed E-state index contributed by atoms with van der Waals surface area (Å²) in [7, 11) is 0. The first-order valence-electron chi connectivity index (χ1n) is 6.25.